The predicted molar refractivity (Wildman–Crippen MR) is 119 cm³/mol. The molecule has 0 aromatic heterocycles. The number of methoxy groups -OCH3 is 4. The van der Waals surface area contributed by atoms with Gasteiger partial charge in [-0.05, 0) is 35.4 Å². The first-order valence-corrected chi connectivity index (χ1v) is 9.90. The fourth-order valence-electron chi connectivity index (χ4n) is 3.21. The highest BCUT2D eigenvalue weighted by atomic mass is 16.5. The third kappa shape index (κ3) is 5.21. The normalized spacial score (nSPS) is 13.1. The first-order chi connectivity index (χ1) is 15.5. The maximum absolute atomic E-state index is 12.5. The van der Waals surface area contributed by atoms with E-state index < -0.39 is 0 Å². The number of rotatable bonds is 10. The maximum Gasteiger partial charge on any atom is 0.203 e. The summed E-state index contributed by atoms with van der Waals surface area (Å²) >= 11 is 0. The Morgan fingerprint density at radius 1 is 0.594 bits per heavy atom. The average molecular weight is 438 g/mol. The lowest BCUT2D eigenvalue weighted by Gasteiger charge is -2.16. The zero-order valence-corrected chi connectivity index (χ0v) is 18.5. The lowest BCUT2D eigenvalue weighted by molar-refractivity contribution is -0.115. The summed E-state index contributed by atoms with van der Waals surface area (Å²) in [5.41, 5.74) is 2.23. The van der Waals surface area contributed by atoms with Crippen LogP contribution in [-0.2, 0) is 22.7 Å². The molecule has 1 aliphatic rings. The van der Waals surface area contributed by atoms with Gasteiger partial charge in [0.05, 0.1) is 39.8 Å². The van der Waals surface area contributed by atoms with E-state index in [0.29, 0.717) is 36.1 Å². The molecule has 168 valence electrons. The minimum atomic E-state index is -0.278. The summed E-state index contributed by atoms with van der Waals surface area (Å²) in [7, 11) is 6.25. The van der Waals surface area contributed by atoms with Crippen LogP contribution in [0.4, 0.5) is 0 Å². The van der Waals surface area contributed by atoms with E-state index in [0.717, 1.165) is 11.1 Å². The van der Waals surface area contributed by atoms with Crippen LogP contribution in [-0.4, -0.2) is 40.0 Å². The number of hydrogen-bond donors (Lipinski definition) is 2. The molecule has 2 aromatic rings. The first-order valence-electron chi connectivity index (χ1n) is 9.90. The molecule has 2 N–H and O–H groups in total. The minimum absolute atomic E-state index is 0.237. The van der Waals surface area contributed by atoms with Crippen LogP contribution in [0.25, 0.3) is 0 Å². The van der Waals surface area contributed by atoms with Crippen molar-refractivity contribution in [2.75, 3.05) is 28.4 Å². The third-order valence-electron chi connectivity index (χ3n) is 4.94. The smallest absolute Gasteiger partial charge is 0.203 e. The van der Waals surface area contributed by atoms with E-state index in [1.807, 2.05) is 24.3 Å². The van der Waals surface area contributed by atoms with Crippen molar-refractivity contribution in [1.29, 1.82) is 0 Å². The first kappa shape index (κ1) is 22.7. The van der Waals surface area contributed by atoms with Crippen LogP contribution >= 0.6 is 0 Å². The van der Waals surface area contributed by atoms with Crippen molar-refractivity contribution in [3.8, 4) is 23.0 Å². The Morgan fingerprint density at radius 3 is 1.31 bits per heavy atom. The van der Waals surface area contributed by atoms with Crippen molar-refractivity contribution in [1.82, 2.24) is 10.6 Å². The Balaban J connectivity index is 1.61. The fourth-order valence-corrected chi connectivity index (χ4v) is 3.21. The van der Waals surface area contributed by atoms with Gasteiger partial charge in [0.25, 0.3) is 0 Å². The second-order valence-corrected chi connectivity index (χ2v) is 6.93. The molecule has 0 saturated heterocycles. The Kier molecular flexibility index (Phi) is 7.38. The number of hydrogen-bond acceptors (Lipinski definition) is 8. The van der Waals surface area contributed by atoms with Crippen LogP contribution in [0.15, 0.2) is 59.9 Å². The van der Waals surface area contributed by atoms with Crippen molar-refractivity contribution in [3.63, 3.8) is 0 Å². The number of carbonyl (C=O) groups excluding carboxylic acids is 2. The number of benzene rings is 2. The highest BCUT2D eigenvalue weighted by Gasteiger charge is 2.20. The fraction of sp³-hybridized carbons (Fsp3) is 0.250. The van der Waals surface area contributed by atoms with Gasteiger partial charge in [-0.15, -0.1) is 0 Å². The summed E-state index contributed by atoms with van der Waals surface area (Å²) < 4.78 is 21.0. The van der Waals surface area contributed by atoms with Gasteiger partial charge in [-0.3, -0.25) is 9.59 Å². The van der Waals surface area contributed by atoms with E-state index in [2.05, 4.69) is 10.6 Å². The van der Waals surface area contributed by atoms with Gasteiger partial charge in [-0.2, -0.15) is 0 Å². The topological polar surface area (TPSA) is 95.1 Å². The molecule has 0 spiro atoms. The molecule has 0 amide bonds. The molecule has 0 heterocycles. The van der Waals surface area contributed by atoms with Crippen LogP contribution in [0.2, 0.25) is 0 Å². The van der Waals surface area contributed by atoms with E-state index in [4.69, 9.17) is 18.9 Å². The molecule has 8 nitrogen and oxygen atoms in total. The van der Waals surface area contributed by atoms with Gasteiger partial charge in [0.2, 0.25) is 11.6 Å². The number of ether oxygens (including phenoxy) is 4. The van der Waals surface area contributed by atoms with E-state index in [-0.39, 0.29) is 23.0 Å². The summed E-state index contributed by atoms with van der Waals surface area (Å²) in [6.45, 7) is 0.709. The number of allylic oxidation sites excluding steroid dienone is 2. The monoisotopic (exact) mass is 438 g/mol. The molecule has 3 rings (SSSR count). The van der Waals surface area contributed by atoms with E-state index >= 15 is 0 Å². The summed E-state index contributed by atoms with van der Waals surface area (Å²) in [6, 6.07) is 10.9. The summed E-state index contributed by atoms with van der Waals surface area (Å²) in [4.78, 5) is 25.0. The van der Waals surface area contributed by atoms with Crippen molar-refractivity contribution in [2.24, 2.45) is 0 Å². The molecule has 0 bridgehead atoms. The van der Waals surface area contributed by atoms with Crippen molar-refractivity contribution in [2.45, 2.75) is 13.1 Å². The zero-order valence-electron chi connectivity index (χ0n) is 18.5. The Labute approximate surface area is 186 Å². The summed E-state index contributed by atoms with van der Waals surface area (Å²) in [5, 5.41) is 6.04. The molecule has 1 aliphatic carbocycles. The number of nitrogens with one attached hydrogen (secondary N) is 2. The largest absolute Gasteiger partial charge is 0.493 e. The van der Waals surface area contributed by atoms with Crippen LogP contribution in [0.5, 0.6) is 23.0 Å². The number of ketones is 2. The van der Waals surface area contributed by atoms with Crippen molar-refractivity contribution >= 4 is 11.6 Å². The van der Waals surface area contributed by atoms with Gasteiger partial charge < -0.3 is 29.6 Å². The van der Waals surface area contributed by atoms with E-state index in [1.165, 1.54) is 12.2 Å². The lowest BCUT2D eigenvalue weighted by atomic mass is 10.1. The Hall–Kier alpha value is -3.94. The van der Waals surface area contributed by atoms with Gasteiger partial charge in [0.1, 0.15) is 0 Å². The van der Waals surface area contributed by atoms with E-state index in [9.17, 15) is 9.59 Å². The molecular formula is C24H26N2O6. The highest BCUT2D eigenvalue weighted by molar-refractivity contribution is 6.19. The van der Waals surface area contributed by atoms with Crippen molar-refractivity contribution in [3.05, 3.63) is 71.1 Å². The van der Waals surface area contributed by atoms with Crippen LogP contribution < -0.4 is 29.6 Å². The van der Waals surface area contributed by atoms with Crippen molar-refractivity contribution < 1.29 is 28.5 Å². The second kappa shape index (κ2) is 10.4. The second-order valence-electron chi connectivity index (χ2n) is 6.93. The average Bonchev–Trinajstić information content (AvgIpc) is 2.82. The summed E-state index contributed by atoms with van der Waals surface area (Å²) in [5.74, 6) is 1.86. The van der Waals surface area contributed by atoms with Gasteiger partial charge in [0.15, 0.2) is 23.0 Å². The molecule has 32 heavy (non-hydrogen) atoms. The van der Waals surface area contributed by atoms with Gasteiger partial charge in [-0.1, -0.05) is 12.1 Å². The number of carbonyl (C=O) groups is 2. The van der Waals surface area contributed by atoms with Gasteiger partial charge in [-0.25, -0.2) is 0 Å². The molecule has 0 radical (unpaired) electrons. The Bertz CT molecular complexity index is 989. The molecule has 0 aliphatic heterocycles. The molecule has 0 unspecified atom stereocenters. The highest BCUT2D eigenvalue weighted by Crippen LogP contribution is 2.28. The molecule has 8 heteroatoms. The van der Waals surface area contributed by atoms with Crippen LogP contribution in [0.1, 0.15) is 11.1 Å². The van der Waals surface area contributed by atoms with E-state index in [1.54, 1.807) is 40.6 Å². The quantitative estimate of drug-likeness (QED) is 0.547. The van der Waals surface area contributed by atoms with Crippen LogP contribution in [0, 0.1) is 0 Å². The standard InChI is InChI=1S/C24H26N2O6/c1-29-21-7-5-15(9-23(21)31-3)13-25-17-11-20(28)18(12-19(17)27)26-14-16-6-8-22(30-2)24(10-16)32-4/h5-12,25-26H,13-14H2,1-4H3. The molecule has 0 fully saturated rings. The van der Waals surface area contributed by atoms with Gasteiger partial charge >= 0.3 is 0 Å². The summed E-state index contributed by atoms with van der Waals surface area (Å²) in [6.07, 6.45) is 2.61. The maximum atomic E-state index is 12.5. The Morgan fingerprint density at radius 2 is 0.969 bits per heavy atom. The van der Waals surface area contributed by atoms with Gasteiger partial charge in [0, 0.05) is 25.2 Å². The SMILES string of the molecule is COc1ccc(CNC2=CC(=O)C(NCc3ccc(OC)c(OC)c3)=CC2=O)cc1OC. The molecule has 0 atom stereocenters. The van der Waals surface area contributed by atoms with Crippen LogP contribution in [0.3, 0.4) is 0 Å². The molecular weight excluding hydrogens is 412 g/mol. The zero-order chi connectivity index (χ0) is 23.1. The molecule has 0 saturated carbocycles. The minimum Gasteiger partial charge on any atom is -0.493 e. The molecule has 2 aromatic carbocycles. The lowest BCUT2D eigenvalue weighted by Crippen LogP contribution is -2.29. The predicted octanol–water partition coefficient (Wildman–Crippen LogP) is 2.52. The third-order valence-corrected chi connectivity index (χ3v) is 4.94.